The molecule has 2 atom stereocenters. The molecule has 0 aromatic carbocycles. The Morgan fingerprint density at radius 3 is 2.86 bits per heavy atom. The van der Waals surface area contributed by atoms with Crippen molar-refractivity contribution in [3.8, 4) is 6.07 Å². The molecule has 8 heteroatoms. The van der Waals surface area contributed by atoms with E-state index in [2.05, 4.69) is 10.3 Å². The third kappa shape index (κ3) is 3.65. The number of rotatable bonds is 5. The molecule has 22 heavy (non-hydrogen) atoms. The van der Waals surface area contributed by atoms with Crippen LogP contribution in [0, 0.1) is 23.2 Å². The number of sulfone groups is 1. The van der Waals surface area contributed by atoms with Gasteiger partial charge in [0, 0.05) is 25.4 Å². The molecule has 1 amide bonds. The second-order valence-electron chi connectivity index (χ2n) is 5.63. The lowest BCUT2D eigenvalue weighted by Crippen LogP contribution is -2.39. The molecule has 0 spiro atoms. The number of aryl methyl sites for hydroxylation is 1. The minimum Gasteiger partial charge on any atom is -0.343 e. The van der Waals surface area contributed by atoms with Gasteiger partial charge in [-0.3, -0.25) is 4.79 Å². The Bertz CT molecular complexity index is 675. The highest BCUT2D eigenvalue weighted by Gasteiger charge is 2.35. The molecule has 1 heterocycles. The van der Waals surface area contributed by atoms with Crippen LogP contribution in [0.4, 0.5) is 0 Å². The number of carbonyl (C=O) groups is 1. The first-order chi connectivity index (χ1) is 10.5. The molecule has 1 aliphatic rings. The number of imidazole rings is 1. The van der Waals surface area contributed by atoms with Crippen molar-refractivity contribution in [2.24, 2.45) is 18.9 Å². The molecule has 1 aliphatic carbocycles. The van der Waals surface area contributed by atoms with Gasteiger partial charge in [-0.1, -0.05) is 12.8 Å². The van der Waals surface area contributed by atoms with Crippen LogP contribution in [0.15, 0.2) is 17.6 Å². The van der Waals surface area contributed by atoms with Crippen molar-refractivity contribution in [1.29, 1.82) is 5.26 Å². The van der Waals surface area contributed by atoms with Crippen LogP contribution < -0.4 is 5.32 Å². The summed E-state index contributed by atoms with van der Waals surface area (Å²) >= 11 is 0. The summed E-state index contributed by atoms with van der Waals surface area (Å²) in [6.45, 7) is -0.0475. The first-order valence-corrected chi connectivity index (χ1v) is 8.95. The summed E-state index contributed by atoms with van der Waals surface area (Å²) in [5, 5.41) is 11.1. The van der Waals surface area contributed by atoms with Crippen molar-refractivity contribution in [3.05, 3.63) is 12.4 Å². The molecule has 120 valence electrons. The molecule has 7 nitrogen and oxygen atoms in total. The summed E-state index contributed by atoms with van der Waals surface area (Å²) in [6.07, 6.45) is 6.23. The van der Waals surface area contributed by atoms with E-state index in [4.69, 9.17) is 5.26 Å². The van der Waals surface area contributed by atoms with Gasteiger partial charge in [0.05, 0.1) is 11.8 Å². The lowest BCUT2D eigenvalue weighted by Gasteiger charge is -2.30. The van der Waals surface area contributed by atoms with Gasteiger partial charge in [0.1, 0.15) is 6.54 Å². The van der Waals surface area contributed by atoms with Gasteiger partial charge in [0.2, 0.25) is 20.9 Å². The van der Waals surface area contributed by atoms with Gasteiger partial charge in [-0.25, -0.2) is 13.4 Å². The van der Waals surface area contributed by atoms with Crippen molar-refractivity contribution in [1.82, 2.24) is 14.9 Å². The van der Waals surface area contributed by atoms with Crippen molar-refractivity contribution < 1.29 is 13.2 Å². The van der Waals surface area contributed by atoms with Crippen LogP contribution in [0.1, 0.15) is 25.7 Å². The topological polar surface area (TPSA) is 105 Å². The zero-order valence-corrected chi connectivity index (χ0v) is 13.3. The highest BCUT2D eigenvalue weighted by molar-refractivity contribution is 7.91. The van der Waals surface area contributed by atoms with Gasteiger partial charge >= 0.3 is 0 Å². The van der Waals surface area contributed by atoms with E-state index < -0.39 is 9.84 Å². The Balaban J connectivity index is 2.13. The summed E-state index contributed by atoms with van der Waals surface area (Å²) in [5.41, 5.74) is 0. The number of nitriles is 1. The number of aromatic nitrogens is 2. The highest BCUT2D eigenvalue weighted by atomic mass is 32.2. The summed E-state index contributed by atoms with van der Waals surface area (Å²) in [6, 6.07) is 1.87. The lowest BCUT2D eigenvalue weighted by atomic mass is 9.80. The van der Waals surface area contributed by atoms with Gasteiger partial charge in [0.15, 0.2) is 0 Å². The average molecular weight is 324 g/mol. The maximum Gasteiger partial charge on any atom is 0.227 e. The van der Waals surface area contributed by atoms with Crippen molar-refractivity contribution in [2.75, 3.05) is 12.3 Å². The van der Waals surface area contributed by atoms with Crippen LogP contribution >= 0.6 is 0 Å². The predicted molar refractivity (Wildman–Crippen MR) is 79.3 cm³/mol. The van der Waals surface area contributed by atoms with Crippen LogP contribution in [0.5, 0.6) is 0 Å². The number of hydrogen-bond donors (Lipinski definition) is 1. The highest BCUT2D eigenvalue weighted by Crippen LogP contribution is 2.32. The van der Waals surface area contributed by atoms with Crippen molar-refractivity contribution in [3.63, 3.8) is 0 Å². The molecule has 2 rings (SSSR count). The quantitative estimate of drug-likeness (QED) is 0.800. The largest absolute Gasteiger partial charge is 0.343 e. The number of amides is 1. The molecule has 0 saturated heterocycles. The van der Waals surface area contributed by atoms with Crippen LogP contribution in [-0.4, -0.2) is 36.2 Å². The smallest absolute Gasteiger partial charge is 0.227 e. The monoisotopic (exact) mass is 324 g/mol. The van der Waals surface area contributed by atoms with Crippen molar-refractivity contribution in [2.45, 2.75) is 30.8 Å². The number of nitrogens with zero attached hydrogens (tertiary/aromatic N) is 3. The van der Waals surface area contributed by atoms with E-state index in [0.29, 0.717) is 12.8 Å². The summed E-state index contributed by atoms with van der Waals surface area (Å²) in [4.78, 5) is 16.0. The molecule has 1 fully saturated rings. The van der Waals surface area contributed by atoms with Crippen LogP contribution in [-0.2, 0) is 21.7 Å². The van der Waals surface area contributed by atoms with Gasteiger partial charge < -0.3 is 9.88 Å². The molecule has 0 radical (unpaired) electrons. The second-order valence-corrected chi connectivity index (χ2v) is 7.56. The first kappa shape index (κ1) is 16.5. The Labute approximate surface area is 130 Å². The molecule has 2 unspecified atom stereocenters. The Morgan fingerprint density at radius 1 is 1.50 bits per heavy atom. The SMILES string of the molecule is Cn1ccnc1S(=O)(=O)CC1CCCCC1C(=O)NCC#N. The molecular formula is C14H20N4O3S. The third-order valence-corrected chi connectivity index (χ3v) is 5.89. The second kappa shape index (κ2) is 6.92. The van der Waals surface area contributed by atoms with Crippen LogP contribution in [0.3, 0.4) is 0 Å². The standard InChI is InChI=1S/C14H20N4O3S/c1-18-9-8-17-14(18)22(20,21)10-11-4-2-3-5-12(11)13(19)16-7-6-15/h8-9,11-12H,2-5,7,10H2,1H3,(H,16,19). The van der Waals surface area contributed by atoms with E-state index in [0.717, 1.165) is 12.8 Å². The molecule has 1 aromatic heterocycles. The van der Waals surface area contributed by atoms with Gasteiger partial charge in [-0.15, -0.1) is 0 Å². The van der Waals surface area contributed by atoms with E-state index in [-0.39, 0.29) is 35.2 Å². The minimum atomic E-state index is -3.53. The molecule has 0 bridgehead atoms. The maximum atomic E-state index is 12.5. The average Bonchev–Trinajstić information content (AvgIpc) is 2.92. The molecule has 1 aromatic rings. The fourth-order valence-corrected chi connectivity index (χ4v) is 4.85. The fourth-order valence-electron chi connectivity index (χ4n) is 3.02. The Hall–Kier alpha value is -1.88. The number of hydrogen-bond acceptors (Lipinski definition) is 5. The van der Waals surface area contributed by atoms with Crippen LogP contribution in [0.25, 0.3) is 0 Å². The zero-order valence-electron chi connectivity index (χ0n) is 12.5. The molecule has 0 aliphatic heterocycles. The lowest BCUT2D eigenvalue weighted by molar-refractivity contribution is -0.127. The van der Waals surface area contributed by atoms with E-state index in [1.165, 1.54) is 10.8 Å². The maximum absolute atomic E-state index is 12.5. The normalized spacial score (nSPS) is 22.0. The van der Waals surface area contributed by atoms with E-state index in [1.807, 2.05) is 6.07 Å². The Kier molecular flexibility index (Phi) is 5.19. The zero-order chi connectivity index (χ0) is 16.2. The Morgan fingerprint density at radius 2 is 2.23 bits per heavy atom. The van der Waals surface area contributed by atoms with Crippen LogP contribution in [0.2, 0.25) is 0 Å². The van der Waals surface area contributed by atoms with Gasteiger partial charge in [-0.2, -0.15) is 5.26 Å². The van der Waals surface area contributed by atoms with E-state index in [9.17, 15) is 13.2 Å². The summed E-state index contributed by atoms with van der Waals surface area (Å²) in [5.74, 6) is -0.879. The third-order valence-electron chi connectivity index (χ3n) is 4.08. The minimum absolute atomic E-state index is 0.0363. The number of carbonyl (C=O) groups excluding carboxylic acids is 1. The number of nitrogens with one attached hydrogen (secondary N) is 1. The van der Waals surface area contributed by atoms with Gasteiger partial charge in [-0.05, 0) is 18.8 Å². The van der Waals surface area contributed by atoms with Crippen molar-refractivity contribution >= 4 is 15.7 Å². The summed E-state index contributed by atoms with van der Waals surface area (Å²) < 4.78 is 26.5. The predicted octanol–water partition coefficient (Wildman–Crippen LogP) is 0.640. The van der Waals surface area contributed by atoms with E-state index >= 15 is 0 Å². The van der Waals surface area contributed by atoms with E-state index in [1.54, 1.807) is 13.2 Å². The molecule has 1 N–H and O–H groups in total. The molecule has 1 saturated carbocycles. The first-order valence-electron chi connectivity index (χ1n) is 7.30. The fraction of sp³-hybridized carbons (Fsp3) is 0.643. The summed E-state index contributed by atoms with van der Waals surface area (Å²) in [7, 11) is -1.89. The van der Waals surface area contributed by atoms with Gasteiger partial charge in [0.25, 0.3) is 0 Å². The molecular weight excluding hydrogens is 304 g/mol.